The molecule has 0 aliphatic carbocycles. The van der Waals surface area contributed by atoms with Crippen LogP contribution in [0.5, 0.6) is 5.75 Å². The molecule has 0 bridgehead atoms. The summed E-state index contributed by atoms with van der Waals surface area (Å²) >= 11 is 0. The second-order valence-electron chi connectivity index (χ2n) is 7.47. The van der Waals surface area contributed by atoms with Crippen molar-refractivity contribution in [3.8, 4) is 5.75 Å². The van der Waals surface area contributed by atoms with Crippen molar-refractivity contribution in [1.82, 2.24) is 10.4 Å². The van der Waals surface area contributed by atoms with Gasteiger partial charge in [0.25, 0.3) is 5.91 Å². The Morgan fingerprint density at radius 1 is 1.13 bits per heavy atom. The Labute approximate surface area is 173 Å². The minimum atomic E-state index is -0.834. The molecule has 158 valence electrons. The molecule has 2 aliphatic rings. The summed E-state index contributed by atoms with van der Waals surface area (Å²) in [6.07, 6.45) is 1.26. The van der Waals surface area contributed by atoms with Crippen molar-refractivity contribution in [3.63, 3.8) is 0 Å². The van der Waals surface area contributed by atoms with Gasteiger partial charge in [0.1, 0.15) is 18.2 Å². The van der Waals surface area contributed by atoms with Crippen molar-refractivity contribution in [2.24, 2.45) is 5.92 Å². The third-order valence-electron chi connectivity index (χ3n) is 5.66. The predicted octanol–water partition coefficient (Wildman–Crippen LogP) is 2.83. The van der Waals surface area contributed by atoms with Crippen LogP contribution in [0.3, 0.4) is 0 Å². The topological polar surface area (TPSA) is 88.1 Å². The maximum Gasteiger partial charge on any atom is 0.274 e. The minimum absolute atomic E-state index is 0.0257. The molecule has 2 aliphatic heterocycles. The van der Waals surface area contributed by atoms with Crippen LogP contribution in [-0.2, 0) is 16.1 Å². The Kier molecular flexibility index (Phi) is 5.96. The number of carbonyl (C=O) groups is 2. The van der Waals surface area contributed by atoms with E-state index in [4.69, 9.17) is 14.7 Å². The summed E-state index contributed by atoms with van der Waals surface area (Å²) in [5.74, 6) is -1.55. The van der Waals surface area contributed by atoms with E-state index in [0.717, 1.165) is 11.6 Å². The van der Waals surface area contributed by atoms with Crippen LogP contribution in [0.25, 0.3) is 0 Å². The van der Waals surface area contributed by atoms with E-state index in [-0.39, 0.29) is 41.9 Å². The normalized spacial score (nSPS) is 19.4. The number of hydrogen-bond acceptors (Lipinski definition) is 5. The number of hydroxylamine groups is 1. The van der Waals surface area contributed by atoms with Crippen LogP contribution in [0.2, 0.25) is 0 Å². The van der Waals surface area contributed by atoms with Gasteiger partial charge >= 0.3 is 0 Å². The third-order valence-corrected chi connectivity index (χ3v) is 5.66. The van der Waals surface area contributed by atoms with E-state index in [9.17, 15) is 14.0 Å². The molecule has 1 atom stereocenters. The van der Waals surface area contributed by atoms with Gasteiger partial charge in [0.2, 0.25) is 5.91 Å². The van der Waals surface area contributed by atoms with Crippen LogP contribution >= 0.6 is 0 Å². The average molecular weight is 414 g/mol. The molecule has 2 aromatic carbocycles. The molecule has 2 amide bonds. The fraction of sp³-hybridized carbons (Fsp3) is 0.364. The number of ether oxygens (including phenoxy) is 2. The van der Waals surface area contributed by atoms with Crippen LogP contribution in [0.15, 0.2) is 42.5 Å². The quantitative estimate of drug-likeness (QED) is 0.596. The molecule has 1 fully saturated rings. The Bertz CT molecular complexity index is 931. The summed E-state index contributed by atoms with van der Waals surface area (Å²) in [6, 6.07) is 11.5. The first-order chi connectivity index (χ1) is 14.6. The summed E-state index contributed by atoms with van der Waals surface area (Å²) in [5.41, 5.74) is 2.54. The van der Waals surface area contributed by atoms with E-state index in [0.29, 0.717) is 26.1 Å². The van der Waals surface area contributed by atoms with Crippen LogP contribution < -0.4 is 10.2 Å². The van der Waals surface area contributed by atoms with Gasteiger partial charge in [-0.05, 0) is 30.5 Å². The van der Waals surface area contributed by atoms with Crippen molar-refractivity contribution in [2.75, 3.05) is 19.8 Å². The van der Waals surface area contributed by atoms with Gasteiger partial charge < -0.3 is 14.4 Å². The highest BCUT2D eigenvalue weighted by atomic mass is 19.1. The molecule has 2 N–H and O–H groups in total. The third kappa shape index (κ3) is 4.01. The maximum absolute atomic E-state index is 14.9. The van der Waals surface area contributed by atoms with Gasteiger partial charge in [0.05, 0.1) is 12.6 Å². The second-order valence-corrected chi connectivity index (χ2v) is 7.47. The molecular formula is C22H23FN2O5. The molecule has 1 unspecified atom stereocenters. The molecular weight excluding hydrogens is 391 g/mol. The molecule has 0 spiro atoms. The first-order valence-corrected chi connectivity index (χ1v) is 9.91. The first kappa shape index (κ1) is 20.3. The molecule has 2 aromatic rings. The summed E-state index contributed by atoms with van der Waals surface area (Å²) in [5, 5.41) is 8.86. The second kappa shape index (κ2) is 8.81. The number of nitrogens with zero attached hydrogens (tertiary/aromatic N) is 1. The van der Waals surface area contributed by atoms with E-state index in [2.05, 4.69) is 0 Å². The fourth-order valence-electron chi connectivity index (χ4n) is 3.99. The van der Waals surface area contributed by atoms with Gasteiger partial charge in [-0.2, -0.15) is 0 Å². The van der Waals surface area contributed by atoms with Crippen LogP contribution in [0, 0.1) is 11.7 Å². The molecule has 0 saturated carbocycles. The maximum atomic E-state index is 14.9. The predicted molar refractivity (Wildman–Crippen MR) is 104 cm³/mol. The summed E-state index contributed by atoms with van der Waals surface area (Å²) in [4.78, 5) is 26.8. The molecule has 1 saturated heterocycles. The Morgan fingerprint density at radius 2 is 1.87 bits per heavy atom. The minimum Gasteiger partial charge on any atom is -0.491 e. The molecule has 8 heteroatoms. The lowest BCUT2D eigenvalue weighted by Gasteiger charge is -2.34. The highest BCUT2D eigenvalue weighted by molar-refractivity contribution is 5.94. The van der Waals surface area contributed by atoms with E-state index in [1.165, 1.54) is 11.5 Å². The Hall–Kier alpha value is -2.97. The summed E-state index contributed by atoms with van der Waals surface area (Å²) < 4.78 is 26.2. The van der Waals surface area contributed by atoms with E-state index in [1.807, 2.05) is 30.3 Å². The van der Waals surface area contributed by atoms with Gasteiger partial charge in [-0.1, -0.05) is 30.3 Å². The lowest BCUT2D eigenvalue weighted by molar-refractivity contribution is -0.142. The summed E-state index contributed by atoms with van der Waals surface area (Å²) in [7, 11) is 0. The Balaban J connectivity index is 1.72. The monoisotopic (exact) mass is 414 g/mol. The number of hydrogen-bond donors (Lipinski definition) is 2. The molecule has 4 rings (SSSR count). The van der Waals surface area contributed by atoms with Gasteiger partial charge in [0.15, 0.2) is 0 Å². The molecule has 7 nitrogen and oxygen atoms in total. The fourth-order valence-corrected chi connectivity index (χ4v) is 3.99. The zero-order chi connectivity index (χ0) is 21.1. The zero-order valence-electron chi connectivity index (χ0n) is 16.3. The number of amides is 2. The van der Waals surface area contributed by atoms with Gasteiger partial charge in [-0.3, -0.25) is 14.8 Å². The molecule has 0 radical (unpaired) electrons. The Morgan fingerprint density at radius 3 is 2.57 bits per heavy atom. The molecule has 0 aromatic heterocycles. The lowest BCUT2D eigenvalue weighted by atomic mass is 9.96. The standard InChI is InChI=1S/C22H23FN2O5/c23-18-10-16(21(26)24-28)11-20-17(18)12-25(22(27)15-6-8-29-9-7-15)19(13-30-20)14-4-2-1-3-5-14/h1-5,10-11,15,19,28H,6-9,12-13H2,(H,24,26). The van der Waals surface area contributed by atoms with Crippen molar-refractivity contribution in [3.05, 3.63) is 65.0 Å². The summed E-state index contributed by atoms with van der Waals surface area (Å²) in [6.45, 7) is 1.20. The number of benzene rings is 2. The van der Waals surface area contributed by atoms with E-state index >= 15 is 0 Å². The highest BCUT2D eigenvalue weighted by Crippen LogP contribution is 2.35. The van der Waals surface area contributed by atoms with E-state index in [1.54, 1.807) is 4.90 Å². The molecule has 2 heterocycles. The van der Waals surface area contributed by atoms with Gasteiger partial charge in [-0.15, -0.1) is 0 Å². The largest absolute Gasteiger partial charge is 0.491 e. The van der Waals surface area contributed by atoms with E-state index < -0.39 is 17.8 Å². The lowest BCUT2D eigenvalue weighted by Crippen LogP contribution is -2.41. The van der Waals surface area contributed by atoms with Crippen molar-refractivity contribution in [1.29, 1.82) is 0 Å². The van der Waals surface area contributed by atoms with Gasteiger partial charge in [-0.25, -0.2) is 9.87 Å². The van der Waals surface area contributed by atoms with Crippen molar-refractivity contribution < 1.29 is 28.7 Å². The van der Waals surface area contributed by atoms with Crippen molar-refractivity contribution >= 4 is 11.8 Å². The van der Waals surface area contributed by atoms with Crippen LogP contribution in [0.1, 0.15) is 40.4 Å². The van der Waals surface area contributed by atoms with Gasteiger partial charge in [0, 0.05) is 30.3 Å². The number of halogens is 1. The smallest absolute Gasteiger partial charge is 0.274 e. The number of rotatable bonds is 3. The van der Waals surface area contributed by atoms with Crippen molar-refractivity contribution in [2.45, 2.75) is 25.4 Å². The molecule has 30 heavy (non-hydrogen) atoms. The number of fused-ring (bicyclic) bond motifs is 1. The average Bonchev–Trinajstić information content (AvgIpc) is 2.99. The first-order valence-electron chi connectivity index (χ1n) is 9.91. The highest BCUT2D eigenvalue weighted by Gasteiger charge is 2.35. The van der Waals surface area contributed by atoms with Crippen LogP contribution in [0.4, 0.5) is 4.39 Å². The SMILES string of the molecule is O=C(NO)c1cc(F)c2c(c1)OCC(c1ccccc1)N(C(=O)C1CCOCC1)C2. The number of nitrogens with one attached hydrogen (secondary N) is 1. The number of carbonyl (C=O) groups excluding carboxylic acids is 2. The van der Waals surface area contributed by atoms with Crippen LogP contribution in [-0.4, -0.2) is 41.7 Å². The zero-order valence-corrected chi connectivity index (χ0v) is 16.3.